The minimum absolute atomic E-state index is 0.0325. The second-order valence-electron chi connectivity index (χ2n) is 7.34. The number of rotatable bonds is 7. The van der Waals surface area contributed by atoms with Crippen molar-refractivity contribution in [3.63, 3.8) is 0 Å². The maximum atomic E-state index is 13.0. The topological polar surface area (TPSA) is 93.5 Å². The average molecular weight is 429 g/mol. The fourth-order valence-electron chi connectivity index (χ4n) is 3.48. The fraction of sp³-hybridized carbons (Fsp3) is 0.160. The van der Waals surface area contributed by atoms with E-state index in [4.69, 9.17) is 4.74 Å². The van der Waals surface area contributed by atoms with E-state index in [2.05, 4.69) is 10.4 Å². The lowest BCUT2D eigenvalue weighted by molar-refractivity contribution is 0.0908. The Morgan fingerprint density at radius 1 is 1.03 bits per heavy atom. The highest BCUT2D eigenvalue weighted by molar-refractivity contribution is 5.95. The molecule has 1 unspecified atom stereocenters. The molecule has 0 bridgehead atoms. The number of aliphatic hydroxyl groups excluding tert-OH is 1. The molecule has 0 fully saturated rings. The molecule has 32 heavy (non-hydrogen) atoms. The highest BCUT2D eigenvalue weighted by Crippen LogP contribution is 2.16. The molecule has 0 spiro atoms. The van der Waals surface area contributed by atoms with Crippen LogP contribution in [0.2, 0.25) is 0 Å². The van der Waals surface area contributed by atoms with Gasteiger partial charge in [0, 0.05) is 11.9 Å². The van der Waals surface area contributed by atoms with E-state index in [1.807, 2.05) is 48.5 Å². The molecule has 1 amide bonds. The minimum Gasteiger partial charge on any atom is -0.497 e. The van der Waals surface area contributed by atoms with Crippen molar-refractivity contribution in [3.05, 3.63) is 106 Å². The summed E-state index contributed by atoms with van der Waals surface area (Å²) in [5, 5.41) is 17.7. The summed E-state index contributed by atoms with van der Waals surface area (Å²) in [7, 11) is 1.60. The number of nitrogens with one attached hydrogen (secondary N) is 1. The third-order valence-electron chi connectivity index (χ3n) is 5.21. The summed E-state index contributed by atoms with van der Waals surface area (Å²) in [6, 6.07) is 23.6. The van der Waals surface area contributed by atoms with Gasteiger partial charge in [-0.15, -0.1) is 0 Å². The highest BCUT2D eigenvalue weighted by Gasteiger charge is 2.19. The Morgan fingerprint density at radius 2 is 1.72 bits per heavy atom. The van der Waals surface area contributed by atoms with Crippen LogP contribution in [0.25, 0.3) is 10.9 Å². The second-order valence-corrected chi connectivity index (χ2v) is 7.34. The Balaban J connectivity index is 1.63. The normalized spacial score (nSPS) is 11.8. The van der Waals surface area contributed by atoms with Crippen LogP contribution in [-0.2, 0) is 6.54 Å². The van der Waals surface area contributed by atoms with Crippen LogP contribution in [0.1, 0.15) is 27.7 Å². The number of hydrogen-bond acceptors (Lipinski definition) is 5. The molecule has 0 aliphatic carbocycles. The van der Waals surface area contributed by atoms with Gasteiger partial charge in [0.1, 0.15) is 5.75 Å². The second kappa shape index (κ2) is 9.45. The zero-order valence-electron chi connectivity index (χ0n) is 17.6. The summed E-state index contributed by atoms with van der Waals surface area (Å²) < 4.78 is 6.84. The number of methoxy groups -OCH3 is 1. The van der Waals surface area contributed by atoms with Crippen molar-refractivity contribution in [3.8, 4) is 5.75 Å². The maximum Gasteiger partial charge on any atom is 0.275 e. The van der Waals surface area contributed by atoms with Gasteiger partial charge in [0.2, 0.25) is 5.43 Å². The summed E-state index contributed by atoms with van der Waals surface area (Å²) in [5.74, 6) is 0.114. The van der Waals surface area contributed by atoms with E-state index in [1.54, 1.807) is 42.1 Å². The van der Waals surface area contributed by atoms with Crippen LogP contribution in [0.4, 0.5) is 0 Å². The molecule has 1 atom stereocenters. The first-order valence-corrected chi connectivity index (χ1v) is 10.2. The number of hydrogen-bond donors (Lipinski definition) is 2. The minimum atomic E-state index is -0.887. The number of aromatic nitrogens is 2. The molecule has 0 aliphatic rings. The molecule has 0 saturated carbocycles. The van der Waals surface area contributed by atoms with Gasteiger partial charge in [0.05, 0.1) is 25.3 Å². The SMILES string of the molecule is COc1ccc(Cn2nc(C(=O)NCC(O)c3ccccc3)c(=O)c3ccccc32)cc1. The van der Waals surface area contributed by atoms with Crippen LogP contribution < -0.4 is 15.5 Å². The third-order valence-corrected chi connectivity index (χ3v) is 5.21. The molecule has 0 saturated heterocycles. The quantitative estimate of drug-likeness (QED) is 0.471. The lowest BCUT2D eigenvalue weighted by Crippen LogP contribution is -2.34. The van der Waals surface area contributed by atoms with Gasteiger partial charge in [0.25, 0.3) is 5.91 Å². The van der Waals surface area contributed by atoms with Crippen molar-refractivity contribution in [2.45, 2.75) is 12.6 Å². The molecule has 2 N–H and O–H groups in total. The number of ether oxygens (including phenoxy) is 1. The van der Waals surface area contributed by atoms with Crippen LogP contribution in [-0.4, -0.2) is 34.4 Å². The average Bonchev–Trinajstić information content (AvgIpc) is 2.85. The highest BCUT2D eigenvalue weighted by atomic mass is 16.5. The molecule has 7 heteroatoms. The number of para-hydroxylation sites is 1. The lowest BCUT2D eigenvalue weighted by atomic mass is 10.1. The zero-order valence-corrected chi connectivity index (χ0v) is 17.6. The van der Waals surface area contributed by atoms with E-state index in [1.165, 1.54) is 0 Å². The lowest BCUT2D eigenvalue weighted by Gasteiger charge is -2.14. The Morgan fingerprint density at radius 3 is 2.44 bits per heavy atom. The van der Waals surface area contributed by atoms with Gasteiger partial charge in [0.15, 0.2) is 5.69 Å². The molecule has 1 aromatic heterocycles. The molecule has 162 valence electrons. The van der Waals surface area contributed by atoms with E-state index in [9.17, 15) is 14.7 Å². The van der Waals surface area contributed by atoms with Crippen LogP contribution in [0.15, 0.2) is 83.7 Å². The Labute approximate surface area is 184 Å². The molecular formula is C25H23N3O4. The molecule has 0 radical (unpaired) electrons. The first kappa shape index (κ1) is 21.3. The van der Waals surface area contributed by atoms with Crippen molar-refractivity contribution in [2.24, 2.45) is 0 Å². The Kier molecular flexibility index (Phi) is 6.28. The van der Waals surface area contributed by atoms with Crippen molar-refractivity contribution in [1.29, 1.82) is 0 Å². The molecule has 4 aromatic rings. The van der Waals surface area contributed by atoms with Gasteiger partial charge in [-0.05, 0) is 35.4 Å². The van der Waals surface area contributed by atoms with E-state index in [0.717, 1.165) is 11.3 Å². The standard InChI is InChI=1S/C25H23N3O4/c1-32-19-13-11-17(12-14-19)16-28-21-10-6-5-9-20(21)24(30)23(27-28)25(31)26-15-22(29)18-7-3-2-4-8-18/h2-14,22,29H,15-16H2,1H3,(H,26,31). The van der Waals surface area contributed by atoms with E-state index >= 15 is 0 Å². The van der Waals surface area contributed by atoms with E-state index in [0.29, 0.717) is 23.0 Å². The number of benzene rings is 3. The number of aliphatic hydroxyl groups is 1. The molecule has 4 rings (SSSR count). The Bertz CT molecular complexity index is 1280. The summed E-state index contributed by atoms with van der Waals surface area (Å²) in [6.07, 6.45) is -0.887. The van der Waals surface area contributed by atoms with Gasteiger partial charge in [-0.2, -0.15) is 5.10 Å². The zero-order chi connectivity index (χ0) is 22.5. The summed E-state index contributed by atoms with van der Waals surface area (Å²) in [6.45, 7) is 0.340. The van der Waals surface area contributed by atoms with Crippen molar-refractivity contribution in [2.75, 3.05) is 13.7 Å². The van der Waals surface area contributed by atoms with Crippen molar-refractivity contribution < 1.29 is 14.6 Å². The molecule has 3 aromatic carbocycles. The number of carbonyl (C=O) groups is 1. The van der Waals surface area contributed by atoms with Crippen LogP contribution in [0.5, 0.6) is 5.75 Å². The summed E-state index contributed by atoms with van der Waals surface area (Å²) in [5.41, 5.74) is 1.60. The summed E-state index contributed by atoms with van der Waals surface area (Å²) in [4.78, 5) is 25.8. The van der Waals surface area contributed by atoms with E-state index < -0.39 is 17.4 Å². The Hall–Kier alpha value is -3.97. The van der Waals surface area contributed by atoms with Gasteiger partial charge in [-0.25, -0.2) is 0 Å². The predicted octanol–water partition coefficient (Wildman–Crippen LogP) is 2.92. The van der Waals surface area contributed by atoms with Crippen LogP contribution in [0, 0.1) is 0 Å². The monoisotopic (exact) mass is 429 g/mol. The number of amides is 1. The van der Waals surface area contributed by atoms with Crippen molar-refractivity contribution >= 4 is 16.8 Å². The summed E-state index contributed by atoms with van der Waals surface area (Å²) >= 11 is 0. The van der Waals surface area contributed by atoms with Gasteiger partial charge >= 0.3 is 0 Å². The fourth-order valence-corrected chi connectivity index (χ4v) is 3.48. The number of carbonyl (C=O) groups excluding carboxylic acids is 1. The maximum absolute atomic E-state index is 13.0. The number of fused-ring (bicyclic) bond motifs is 1. The van der Waals surface area contributed by atoms with Gasteiger partial charge in [-0.3, -0.25) is 14.3 Å². The first-order valence-electron chi connectivity index (χ1n) is 10.2. The van der Waals surface area contributed by atoms with Gasteiger partial charge < -0.3 is 15.2 Å². The predicted molar refractivity (Wildman–Crippen MR) is 122 cm³/mol. The molecular weight excluding hydrogens is 406 g/mol. The smallest absolute Gasteiger partial charge is 0.275 e. The molecule has 7 nitrogen and oxygen atoms in total. The molecule has 0 aliphatic heterocycles. The van der Waals surface area contributed by atoms with Crippen LogP contribution in [0.3, 0.4) is 0 Å². The molecule has 1 heterocycles. The largest absolute Gasteiger partial charge is 0.497 e. The van der Waals surface area contributed by atoms with E-state index in [-0.39, 0.29) is 12.2 Å². The third kappa shape index (κ3) is 4.53. The van der Waals surface area contributed by atoms with Gasteiger partial charge in [-0.1, -0.05) is 54.6 Å². The number of nitrogens with zero attached hydrogens (tertiary/aromatic N) is 2. The van der Waals surface area contributed by atoms with Crippen molar-refractivity contribution in [1.82, 2.24) is 15.1 Å². The first-order chi connectivity index (χ1) is 15.6. The van der Waals surface area contributed by atoms with Crippen LogP contribution >= 0.6 is 0 Å².